The Morgan fingerprint density at radius 1 is 1.53 bits per heavy atom. The molecule has 1 rings (SSSR count). The Morgan fingerprint density at radius 2 is 2.16 bits per heavy atom. The van der Waals surface area contributed by atoms with Gasteiger partial charge in [-0.15, -0.1) is 0 Å². The molecular formula is C12H17N3O4. The smallest absolute Gasteiger partial charge is 0.273 e. The highest BCUT2D eigenvalue weighted by atomic mass is 16.6. The van der Waals surface area contributed by atoms with E-state index in [1.54, 1.807) is 26.8 Å². The summed E-state index contributed by atoms with van der Waals surface area (Å²) < 4.78 is 5.49. The fourth-order valence-corrected chi connectivity index (χ4v) is 1.38. The van der Waals surface area contributed by atoms with E-state index in [4.69, 9.17) is 10.6 Å². The summed E-state index contributed by atoms with van der Waals surface area (Å²) in [7, 11) is 0. The molecule has 0 spiro atoms. The third-order valence-corrected chi connectivity index (χ3v) is 2.72. The molecule has 1 aromatic carbocycles. The number of nitro benzene ring substituents is 1. The number of nitrogens with two attached hydrogens (primary N) is 1. The predicted octanol–water partition coefficient (Wildman–Crippen LogP) is 1.30. The number of nitrogens with one attached hydrogen (secondary N) is 1. The molecule has 0 atom stereocenters. The second-order valence-electron chi connectivity index (χ2n) is 4.85. The number of nitrogens with zero attached hydrogens (tertiary/aromatic N) is 1. The Balaban J connectivity index is 2.85. The predicted molar refractivity (Wildman–Crippen MR) is 69.4 cm³/mol. The van der Waals surface area contributed by atoms with E-state index >= 15 is 0 Å². The first-order valence-corrected chi connectivity index (χ1v) is 5.67. The van der Waals surface area contributed by atoms with Gasteiger partial charge in [0.1, 0.15) is 12.4 Å². The third kappa shape index (κ3) is 3.65. The van der Waals surface area contributed by atoms with Crippen molar-refractivity contribution >= 4 is 11.6 Å². The van der Waals surface area contributed by atoms with E-state index in [1.165, 1.54) is 12.1 Å². The Labute approximate surface area is 110 Å². The summed E-state index contributed by atoms with van der Waals surface area (Å²) in [6.07, 6.45) is 0. The zero-order valence-electron chi connectivity index (χ0n) is 11.1. The molecule has 3 N–H and O–H groups in total. The van der Waals surface area contributed by atoms with E-state index in [2.05, 4.69) is 5.43 Å². The molecule has 0 saturated carbocycles. The number of hydrazine groups is 1. The monoisotopic (exact) mass is 267 g/mol. The van der Waals surface area contributed by atoms with Gasteiger partial charge >= 0.3 is 0 Å². The van der Waals surface area contributed by atoms with Crippen LogP contribution < -0.4 is 16.0 Å². The fraction of sp³-hybridized carbons (Fsp3) is 0.417. The van der Waals surface area contributed by atoms with Crippen LogP contribution >= 0.6 is 0 Å². The van der Waals surface area contributed by atoms with Crippen molar-refractivity contribution in [2.24, 2.45) is 11.3 Å². The number of hydrogen-bond donors (Lipinski definition) is 2. The maximum absolute atomic E-state index is 11.5. The van der Waals surface area contributed by atoms with Crippen LogP contribution in [0.25, 0.3) is 0 Å². The molecule has 1 aromatic rings. The number of ether oxygens (including phenoxy) is 1. The molecule has 0 aliphatic heterocycles. The zero-order chi connectivity index (χ0) is 14.6. The lowest BCUT2D eigenvalue weighted by molar-refractivity contribution is -0.385. The molecule has 0 heterocycles. The minimum atomic E-state index is -0.828. The molecule has 0 bridgehead atoms. The highest BCUT2D eigenvalue weighted by molar-refractivity contribution is 5.81. The van der Waals surface area contributed by atoms with Crippen LogP contribution in [0.1, 0.15) is 19.4 Å². The van der Waals surface area contributed by atoms with Crippen molar-refractivity contribution in [1.82, 2.24) is 5.43 Å². The van der Waals surface area contributed by atoms with Crippen molar-refractivity contribution in [3.8, 4) is 5.75 Å². The van der Waals surface area contributed by atoms with Crippen LogP contribution in [0.4, 0.5) is 5.69 Å². The van der Waals surface area contributed by atoms with Gasteiger partial charge in [-0.1, -0.05) is 0 Å². The van der Waals surface area contributed by atoms with Gasteiger partial charge in [0.15, 0.2) is 0 Å². The number of nitro groups is 1. The minimum Gasteiger partial charge on any atom is -0.492 e. The fourth-order valence-electron chi connectivity index (χ4n) is 1.38. The molecule has 1 amide bonds. The lowest BCUT2D eigenvalue weighted by atomic mass is 9.94. The Kier molecular flexibility index (Phi) is 4.44. The highest BCUT2D eigenvalue weighted by Gasteiger charge is 2.28. The number of aryl methyl sites for hydroxylation is 1. The Morgan fingerprint density at radius 3 is 2.68 bits per heavy atom. The van der Waals surface area contributed by atoms with E-state index in [0.29, 0.717) is 5.75 Å². The first-order valence-electron chi connectivity index (χ1n) is 5.67. The first kappa shape index (κ1) is 14.9. The number of amides is 1. The molecule has 7 heteroatoms. The van der Waals surface area contributed by atoms with Crippen LogP contribution in [0, 0.1) is 22.5 Å². The molecule has 0 aliphatic rings. The van der Waals surface area contributed by atoms with Crippen molar-refractivity contribution in [3.05, 3.63) is 33.9 Å². The molecule has 104 valence electrons. The van der Waals surface area contributed by atoms with Crippen molar-refractivity contribution < 1.29 is 14.5 Å². The van der Waals surface area contributed by atoms with Gasteiger partial charge in [0.25, 0.3) is 5.69 Å². The average Bonchev–Trinajstić information content (AvgIpc) is 2.36. The normalized spacial score (nSPS) is 10.9. The van der Waals surface area contributed by atoms with E-state index in [-0.39, 0.29) is 18.2 Å². The second kappa shape index (κ2) is 5.66. The van der Waals surface area contributed by atoms with Crippen LogP contribution in [0.2, 0.25) is 0 Å². The Hall–Kier alpha value is -2.15. The van der Waals surface area contributed by atoms with Crippen LogP contribution in [-0.4, -0.2) is 17.4 Å². The lowest BCUT2D eigenvalue weighted by Gasteiger charge is -2.22. The van der Waals surface area contributed by atoms with Crippen LogP contribution in [0.3, 0.4) is 0 Å². The summed E-state index contributed by atoms with van der Waals surface area (Å²) >= 11 is 0. The number of carbonyl (C=O) groups excluding carboxylic acids is 1. The summed E-state index contributed by atoms with van der Waals surface area (Å²) in [6.45, 7) is 5.18. The molecule has 0 fully saturated rings. The number of carbonyl (C=O) groups is 1. The van der Waals surface area contributed by atoms with E-state index in [1.807, 2.05) is 0 Å². The second-order valence-corrected chi connectivity index (χ2v) is 4.85. The van der Waals surface area contributed by atoms with Crippen LogP contribution in [0.5, 0.6) is 5.75 Å². The van der Waals surface area contributed by atoms with Crippen LogP contribution in [0.15, 0.2) is 18.2 Å². The molecule has 7 nitrogen and oxygen atoms in total. The van der Waals surface area contributed by atoms with Gasteiger partial charge in [-0.05, 0) is 32.4 Å². The first-order chi connectivity index (χ1) is 8.77. The number of non-ortho nitro benzene ring substituents is 1. The van der Waals surface area contributed by atoms with Crippen molar-refractivity contribution in [3.63, 3.8) is 0 Å². The van der Waals surface area contributed by atoms with Gasteiger partial charge in [-0.25, -0.2) is 5.84 Å². The van der Waals surface area contributed by atoms with E-state index in [0.717, 1.165) is 5.56 Å². The molecule has 0 unspecified atom stereocenters. The summed E-state index contributed by atoms with van der Waals surface area (Å²) in [6, 6.07) is 4.34. The highest BCUT2D eigenvalue weighted by Crippen LogP contribution is 2.26. The third-order valence-electron chi connectivity index (χ3n) is 2.72. The topological polar surface area (TPSA) is 107 Å². The maximum Gasteiger partial charge on any atom is 0.273 e. The van der Waals surface area contributed by atoms with Gasteiger partial charge in [0.05, 0.1) is 16.4 Å². The quantitative estimate of drug-likeness (QED) is 0.362. The lowest BCUT2D eigenvalue weighted by Crippen LogP contribution is -2.44. The van der Waals surface area contributed by atoms with E-state index < -0.39 is 10.3 Å². The molecule has 19 heavy (non-hydrogen) atoms. The van der Waals surface area contributed by atoms with Crippen LogP contribution in [-0.2, 0) is 4.79 Å². The Bertz CT molecular complexity index is 500. The van der Waals surface area contributed by atoms with Crippen molar-refractivity contribution in [2.75, 3.05) is 6.61 Å². The zero-order valence-corrected chi connectivity index (χ0v) is 11.1. The number of hydrogen-bond acceptors (Lipinski definition) is 5. The van der Waals surface area contributed by atoms with Gasteiger partial charge in [-0.3, -0.25) is 20.3 Å². The average molecular weight is 267 g/mol. The van der Waals surface area contributed by atoms with Gasteiger partial charge in [0, 0.05) is 6.07 Å². The van der Waals surface area contributed by atoms with E-state index in [9.17, 15) is 14.9 Å². The summed E-state index contributed by atoms with van der Waals surface area (Å²) in [5, 5.41) is 10.7. The molecular weight excluding hydrogens is 250 g/mol. The summed E-state index contributed by atoms with van der Waals surface area (Å²) in [5.41, 5.74) is 1.94. The van der Waals surface area contributed by atoms with Gasteiger partial charge < -0.3 is 4.74 Å². The van der Waals surface area contributed by atoms with Crippen molar-refractivity contribution in [1.29, 1.82) is 0 Å². The molecule has 0 radical (unpaired) electrons. The SMILES string of the molecule is Cc1ccc([N+](=O)[O-])cc1OCC(C)(C)C(=O)NN. The van der Waals surface area contributed by atoms with Gasteiger partial charge in [-0.2, -0.15) is 0 Å². The number of rotatable bonds is 5. The standard InChI is InChI=1S/C12H17N3O4/c1-8-4-5-9(15(17)18)6-10(8)19-7-12(2,3)11(16)14-13/h4-6H,7,13H2,1-3H3,(H,14,16). The minimum absolute atomic E-state index is 0.0540. The molecule has 0 aliphatic carbocycles. The number of benzene rings is 1. The van der Waals surface area contributed by atoms with Gasteiger partial charge in [0.2, 0.25) is 5.91 Å². The van der Waals surface area contributed by atoms with Crippen molar-refractivity contribution in [2.45, 2.75) is 20.8 Å². The molecule has 0 aromatic heterocycles. The summed E-state index contributed by atoms with van der Waals surface area (Å²) in [5.74, 6) is 5.09. The molecule has 0 saturated heterocycles. The summed E-state index contributed by atoms with van der Waals surface area (Å²) in [4.78, 5) is 21.7. The maximum atomic E-state index is 11.5. The largest absolute Gasteiger partial charge is 0.492 e.